The Hall–Kier alpha value is -2.70. The molecular formula is C19H19F4N3O4S. The summed E-state index contributed by atoms with van der Waals surface area (Å²) < 4.78 is 83.0. The van der Waals surface area contributed by atoms with Crippen LogP contribution < -0.4 is 14.8 Å². The predicted molar refractivity (Wildman–Crippen MR) is 104 cm³/mol. The first-order chi connectivity index (χ1) is 14.4. The first-order valence-electron chi connectivity index (χ1n) is 9.04. The van der Waals surface area contributed by atoms with Crippen LogP contribution in [0.1, 0.15) is 23.6 Å². The van der Waals surface area contributed by atoms with Crippen molar-refractivity contribution in [2.24, 2.45) is 0 Å². The molecule has 1 fully saturated rings. The Balaban J connectivity index is 1.84. The first kappa shape index (κ1) is 23.0. The monoisotopic (exact) mass is 461 g/mol. The molecule has 1 saturated heterocycles. The number of hydrogen-bond donors (Lipinski definition) is 2. The lowest BCUT2D eigenvalue weighted by molar-refractivity contribution is -0.274. The molecule has 1 heterocycles. The predicted octanol–water partition coefficient (Wildman–Crippen LogP) is 3.25. The van der Waals surface area contributed by atoms with Gasteiger partial charge in [0.2, 0.25) is 5.91 Å². The van der Waals surface area contributed by atoms with Crippen molar-refractivity contribution in [3.8, 4) is 5.75 Å². The number of aryl methyl sites for hydroxylation is 1. The van der Waals surface area contributed by atoms with Crippen LogP contribution in [-0.2, 0) is 15.0 Å². The third-order valence-corrected chi connectivity index (χ3v) is 6.39. The van der Waals surface area contributed by atoms with Gasteiger partial charge in [-0.1, -0.05) is 12.1 Å². The van der Waals surface area contributed by atoms with E-state index < -0.39 is 46.1 Å². The number of likely N-dealkylation sites (N-methyl/N-ethyl adjacent to an activating group) is 1. The van der Waals surface area contributed by atoms with Gasteiger partial charge in [-0.05, 0) is 54.8 Å². The van der Waals surface area contributed by atoms with Gasteiger partial charge in [-0.2, -0.15) is 17.4 Å². The Morgan fingerprint density at radius 2 is 1.94 bits per heavy atom. The standard InChI is InChI=1S/C19H19F4N3O4S/c1-11-8-13(6-7-15(11)20)24-18(27)17-10-16(25-31(28,29)26(17)2)12-4-3-5-14(9-12)30-19(21,22)23/h3-9,16-17,25H,10H2,1-2H3,(H,24,27). The molecule has 2 atom stereocenters. The van der Waals surface area contributed by atoms with E-state index in [1.165, 1.54) is 44.3 Å². The molecule has 0 radical (unpaired) electrons. The quantitative estimate of drug-likeness (QED) is 0.685. The summed E-state index contributed by atoms with van der Waals surface area (Å²) in [6.07, 6.45) is -4.96. The van der Waals surface area contributed by atoms with Gasteiger partial charge in [-0.3, -0.25) is 4.79 Å². The Kier molecular flexibility index (Phi) is 6.25. The number of nitrogens with one attached hydrogen (secondary N) is 2. The maximum Gasteiger partial charge on any atom is 0.573 e. The summed E-state index contributed by atoms with van der Waals surface area (Å²) in [5.74, 6) is -1.63. The molecule has 0 aliphatic carbocycles. The van der Waals surface area contributed by atoms with Crippen molar-refractivity contribution in [2.45, 2.75) is 31.8 Å². The molecular weight excluding hydrogens is 442 g/mol. The lowest BCUT2D eigenvalue weighted by Crippen LogP contribution is -2.55. The number of halogens is 4. The van der Waals surface area contributed by atoms with Crippen molar-refractivity contribution in [3.05, 3.63) is 59.4 Å². The summed E-state index contributed by atoms with van der Waals surface area (Å²) in [5.41, 5.74) is 0.780. The second-order valence-electron chi connectivity index (χ2n) is 7.02. The molecule has 0 saturated carbocycles. The van der Waals surface area contributed by atoms with Crippen molar-refractivity contribution < 1.29 is 35.5 Å². The molecule has 2 aromatic rings. The minimum Gasteiger partial charge on any atom is -0.406 e. The summed E-state index contributed by atoms with van der Waals surface area (Å²) in [5, 5.41) is 2.55. The van der Waals surface area contributed by atoms with Crippen LogP contribution in [0.2, 0.25) is 0 Å². The smallest absolute Gasteiger partial charge is 0.406 e. The fourth-order valence-electron chi connectivity index (χ4n) is 3.20. The number of carbonyl (C=O) groups is 1. The summed E-state index contributed by atoms with van der Waals surface area (Å²) in [6.45, 7) is 1.51. The zero-order valence-corrected chi connectivity index (χ0v) is 17.2. The highest BCUT2D eigenvalue weighted by atomic mass is 32.2. The van der Waals surface area contributed by atoms with Crippen LogP contribution in [-0.4, -0.2) is 38.1 Å². The van der Waals surface area contributed by atoms with Gasteiger partial charge >= 0.3 is 6.36 Å². The highest BCUT2D eigenvalue weighted by Gasteiger charge is 2.41. The van der Waals surface area contributed by atoms with Crippen LogP contribution in [0.4, 0.5) is 23.2 Å². The lowest BCUT2D eigenvalue weighted by Gasteiger charge is -2.36. The zero-order valence-electron chi connectivity index (χ0n) is 16.4. The van der Waals surface area contributed by atoms with Crippen LogP contribution in [0.5, 0.6) is 5.75 Å². The molecule has 0 bridgehead atoms. The average Bonchev–Trinajstić information content (AvgIpc) is 2.65. The molecule has 1 amide bonds. The number of hydrogen-bond acceptors (Lipinski definition) is 4. The zero-order chi connectivity index (χ0) is 23.0. The summed E-state index contributed by atoms with van der Waals surface area (Å²) in [4.78, 5) is 12.8. The number of ether oxygens (including phenoxy) is 1. The molecule has 2 N–H and O–H groups in total. The summed E-state index contributed by atoms with van der Waals surface area (Å²) in [7, 11) is -2.90. The van der Waals surface area contributed by atoms with Crippen LogP contribution in [0.15, 0.2) is 42.5 Å². The number of nitrogens with zero attached hydrogens (tertiary/aromatic N) is 1. The van der Waals surface area contributed by atoms with Crippen molar-refractivity contribution in [1.82, 2.24) is 9.03 Å². The summed E-state index contributed by atoms with van der Waals surface area (Å²) in [6, 6.07) is 6.65. The molecule has 12 heteroatoms. The molecule has 3 rings (SSSR count). The van der Waals surface area contributed by atoms with Gasteiger partial charge in [0.1, 0.15) is 17.6 Å². The van der Waals surface area contributed by atoms with E-state index in [-0.39, 0.29) is 17.7 Å². The van der Waals surface area contributed by atoms with E-state index in [0.29, 0.717) is 5.56 Å². The van der Waals surface area contributed by atoms with Gasteiger partial charge in [-0.15, -0.1) is 13.2 Å². The Labute approximate surface area is 176 Å². The van der Waals surface area contributed by atoms with Crippen LogP contribution in [0.3, 0.4) is 0 Å². The van der Waals surface area contributed by atoms with Gasteiger partial charge in [0, 0.05) is 12.7 Å². The highest BCUT2D eigenvalue weighted by molar-refractivity contribution is 7.87. The average molecular weight is 461 g/mol. The maximum absolute atomic E-state index is 13.4. The van der Waals surface area contributed by atoms with E-state index in [9.17, 15) is 30.8 Å². The number of benzene rings is 2. The second kappa shape index (κ2) is 8.44. The Bertz CT molecular complexity index is 1090. The van der Waals surface area contributed by atoms with Gasteiger partial charge in [0.15, 0.2) is 0 Å². The van der Waals surface area contributed by atoms with Crippen LogP contribution >= 0.6 is 0 Å². The van der Waals surface area contributed by atoms with Gasteiger partial charge in [-0.25, -0.2) is 4.39 Å². The van der Waals surface area contributed by atoms with E-state index in [1.54, 1.807) is 0 Å². The Morgan fingerprint density at radius 3 is 2.58 bits per heavy atom. The van der Waals surface area contributed by atoms with E-state index in [1.807, 2.05) is 0 Å². The third-order valence-electron chi connectivity index (χ3n) is 4.79. The minimum absolute atomic E-state index is 0.0583. The number of anilines is 1. The maximum atomic E-state index is 13.4. The summed E-state index contributed by atoms with van der Waals surface area (Å²) >= 11 is 0. The molecule has 168 valence electrons. The normalized spacial score (nSPS) is 21.5. The fourth-order valence-corrected chi connectivity index (χ4v) is 4.48. The number of carbonyl (C=O) groups excluding carboxylic acids is 1. The van der Waals surface area contributed by atoms with E-state index in [4.69, 9.17) is 0 Å². The number of amides is 1. The van der Waals surface area contributed by atoms with Crippen LogP contribution in [0.25, 0.3) is 0 Å². The Morgan fingerprint density at radius 1 is 1.23 bits per heavy atom. The topological polar surface area (TPSA) is 87.7 Å². The van der Waals surface area contributed by atoms with Crippen molar-refractivity contribution in [3.63, 3.8) is 0 Å². The molecule has 31 heavy (non-hydrogen) atoms. The van der Waals surface area contributed by atoms with Gasteiger partial charge in [0.05, 0.1) is 6.04 Å². The lowest BCUT2D eigenvalue weighted by atomic mass is 9.99. The SMILES string of the molecule is Cc1cc(NC(=O)C2CC(c3cccc(OC(F)(F)F)c3)NS(=O)(=O)N2C)ccc1F. The molecule has 2 unspecified atom stereocenters. The minimum atomic E-state index is -4.90. The van der Waals surface area contributed by atoms with Gasteiger partial charge in [0.25, 0.3) is 10.2 Å². The number of rotatable bonds is 4. The van der Waals surface area contributed by atoms with E-state index >= 15 is 0 Å². The molecule has 1 aliphatic heterocycles. The van der Waals surface area contributed by atoms with Crippen LogP contribution in [0, 0.1) is 12.7 Å². The third kappa shape index (κ3) is 5.51. The van der Waals surface area contributed by atoms with Gasteiger partial charge < -0.3 is 10.1 Å². The van der Waals surface area contributed by atoms with Crippen molar-refractivity contribution in [1.29, 1.82) is 0 Å². The van der Waals surface area contributed by atoms with Crippen molar-refractivity contribution in [2.75, 3.05) is 12.4 Å². The second-order valence-corrected chi connectivity index (χ2v) is 8.78. The molecule has 7 nitrogen and oxygen atoms in total. The largest absolute Gasteiger partial charge is 0.573 e. The molecule has 1 aliphatic rings. The molecule has 2 aromatic carbocycles. The highest BCUT2D eigenvalue weighted by Crippen LogP contribution is 2.31. The van der Waals surface area contributed by atoms with Crippen molar-refractivity contribution >= 4 is 21.8 Å². The fraction of sp³-hybridized carbons (Fsp3) is 0.316. The first-order valence-corrected chi connectivity index (χ1v) is 10.5. The number of alkyl halides is 3. The van der Waals surface area contributed by atoms with E-state index in [2.05, 4.69) is 14.8 Å². The molecule has 0 aromatic heterocycles. The van der Waals surface area contributed by atoms with E-state index in [0.717, 1.165) is 16.4 Å². The molecule has 0 spiro atoms.